The summed E-state index contributed by atoms with van der Waals surface area (Å²) in [6.45, 7) is 4.62. The lowest BCUT2D eigenvalue weighted by atomic mass is 10.2. The third-order valence-electron chi connectivity index (χ3n) is 2.06. The van der Waals surface area contributed by atoms with Crippen molar-refractivity contribution in [2.75, 3.05) is 12.3 Å². The number of carbonyl (C=O) groups excluding carboxylic acids is 2. The van der Waals surface area contributed by atoms with Crippen molar-refractivity contribution in [3.05, 3.63) is 27.7 Å². The van der Waals surface area contributed by atoms with E-state index in [1.54, 1.807) is 20.8 Å². The topological polar surface area (TPSA) is 78.6 Å². The molecule has 0 aromatic heterocycles. The Labute approximate surface area is 126 Å². The molecule has 110 valence electrons. The Hall–Kier alpha value is -1.46. The maximum atomic E-state index is 11.8. The van der Waals surface area contributed by atoms with Gasteiger partial charge in [-0.05, 0) is 32.9 Å². The van der Waals surface area contributed by atoms with Crippen molar-refractivity contribution < 1.29 is 19.1 Å². The van der Waals surface area contributed by atoms with E-state index in [4.69, 9.17) is 38.4 Å². The van der Waals surface area contributed by atoms with Gasteiger partial charge in [-0.2, -0.15) is 0 Å². The SMILES string of the molecule is CC(C)(C)OC(=O)COC(=O)c1cc(Cl)cc(Cl)c1N. The molecule has 1 aromatic rings. The number of ether oxygens (including phenoxy) is 2. The van der Waals surface area contributed by atoms with E-state index < -0.39 is 24.1 Å². The van der Waals surface area contributed by atoms with Crippen LogP contribution in [0, 0.1) is 0 Å². The number of halogens is 2. The van der Waals surface area contributed by atoms with Crippen molar-refractivity contribution >= 4 is 40.8 Å². The van der Waals surface area contributed by atoms with Gasteiger partial charge in [0.2, 0.25) is 0 Å². The third-order valence-corrected chi connectivity index (χ3v) is 2.59. The predicted octanol–water partition coefficient (Wildman–Crippen LogP) is 3.07. The third kappa shape index (κ3) is 4.90. The fraction of sp³-hybridized carbons (Fsp3) is 0.385. The van der Waals surface area contributed by atoms with Crippen LogP contribution in [-0.2, 0) is 14.3 Å². The van der Waals surface area contributed by atoms with Crippen LogP contribution in [0.5, 0.6) is 0 Å². The normalized spacial score (nSPS) is 11.1. The molecule has 0 saturated heterocycles. The summed E-state index contributed by atoms with van der Waals surface area (Å²) in [5.74, 6) is -1.45. The Kier molecular flexibility index (Phi) is 5.25. The Morgan fingerprint density at radius 3 is 2.40 bits per heavy atom. The fourth-order valence-corrected chi connectivity index (χ4v) is 1.82. The molecule has 0 unspecified atom stereocenters. The number of hydrogen-bond donors (Lipinski definition) is 1. The van der Waals surface area contributed by atoms with E-state index >= 15 is 0 Å². The molecule has 5 nitrogen and oxygen atoms in total. The molecule has 1 rings (SSSR count). The van der Waals surface area contributed by atoms with Gasteiger partial charge < -0.3 is 15.2 Å². The lowest BCUT2D eigenvalue weighted by Crippen LogP contribution is -2.27. The van der Waals surface area contributed by atoms with Crippen LogP contribution in [-0.4, -0.2) is 24.1 Å². The molecule has 0 amide bonds. The first-order chi connectivity index (χ1) is 9.10. The molecule has 0 saturated carbocycles. The zero-order chi connectivity index (χ0) is 15.5. The molecule has 20 heavy (non-hydrogen) atoms. The maximum Gasteiger partial charge on any atom is 0.344 e. The fourth-order valence-electron chi connectivity index (χ4n) is 1.33. The van der Waals surface area contributed by atoms with E-state index in [9.17, 15) is 9.59 Å². The number of anilines is 1. The van der Waals surface area contributed by atoms with Crippen LogP contribution >= 0.6 is 23.2 Å². The van der Waals surface area contributed by atoms with E-state index in [0.29, 0.717) is 0 Å². The van der Waals surface area contributed by atoms with Gasteiger partial charge in [0.25, 0.3) is 0 Å². The lowest BCUT2D eigenvalue weighted by Gasteiger charge is -2.19. The van der Waals surface area contributed by atoms with Crippen LogP contribution < -0.4 is 5.73 Å². The van der Waals surface area contributed by atoms with Crippen LogP contribution in [0.4, 0.5) is 5.69 Å². The van der Waals surface area contributed by atoms with Gasteiger partial charge in [0.05, 0.1) is 16.3 Å². The molecule has 0 aliphatic carbocycles. The molecule has 0 aliphatic rings. The van der Waals surface area contributed by atoms with Crippen molar-refractivity contribution in [3.8, 4) is 0 Å². The zero-order valence-corrected chi connectivity index (χ0v) is 12.8. The Morgan fingerprint density at radius 1 is 1.25 bits per heavy atom. The Bertz CT molecular complexity index is 538. The Balaban J connectivity index is 2.71. The van der Waals surface area contributed by atoms with Crippen LogP contribution in [0.3, 0.4) is 0 Å². The molecule has 0 aliphatic heterocycles. The Morgan fingerprint density at radius 2 is 1.85 bits per heavy atom. The average molecular weight is 320 g/mol. The highest BCUT2D eigenvalue weighted by atomic mass is 35.5. The van der Waals surface area contributed by atoms with Crippen LogP contribution in [0.15, 0.2) is 12.1 Å². The lowest BCUT2D eigenvalue weighted by molar-refractivity contribution is -0.158. The maximum absolute atomic E-state index is 11.8. The summed E-state index contributed by atoms with van der Waals surface area (Å²) in [4.78, 5) is 23.2. The summed E-state index contributed by atoms with van der Waals surface area (Å²) >= 11 is 11.6. The number of nitrogen functional groups attached to an aromatic ring is 1. The highest BCUT2D eigenvalue weighted by Crippen LogP contribution is 2.28. The van der Waals surface area contributed by atoms with E-state index in [1.165, 1.54) is 12.1 Å². The number of nitrogens with two attached hydrogens (primary N) is 1. The van der Waals surface area contributed by atoms with Crippen molar-refractivity contribution in [3.63, 3.8) is 0 Å². The van der Waals surface area contributed by atoms with Crippen molar-refractivity contribution in [2.24, 2.45) is 0 Å². The average Bonchev–Trinajstić information content (AvgIpc) is 2.28. The van der Waals surface area contributed by atoms with Gasteiger partial charge in [0, 0.05) is 5.02 Å². The molecule has 7 heteroatoms. The van der Waals surface area contributed by atoms with Crippen molar-refractivity contribution in [1.29, 1.82) is 0 Å². The van der Waals surface area contributed by atoms with Crippen molar-refractivity contribution in [1.82, 2.24) is 0 Å². The first-order valence-electron chi connectivity index (χ1n) is 5.73. The molecule has 0 bridgehead atoms. The van der Waals surface area contributed by atoms with E-state index in [2.05, 4.69) is 0 Å². The van der Waals surface area contributed by atoms with E-state index in [-0.39, 0.29) is 21.3 Å². The molecular formula is C13H15Cl2NO4. The van der Waals surface area contributed by atoms with Gasteiger partial charge >= 0.3 is 11.9 Å². The highest BCUT2D eigenvalue weighted by molar-refractivity contribution is 6.37. The molecule has 0 radical (unpaired) electrons. The van der Waals surface area contributed by atoms with Gasteiger partial charge in [-0.15, -0.1) is 0 Å². The number of esters is 2. The molecule has 0 heterocycles. The smallest absolute Gasteiger partial charge is 0.344 e. The minimum atomic E-state index is -0.794. The first-order valence-corrected chi connectivity index (χ1v) is 6.49. The van der Waals surface area contributed by atoms with Crippen LogP contribution in [0.25, 0.3) is 0 Å². The highest BCUT2D eigenvalue weighted by Gasteiger charge is 2.20. The van der Waals surface area contributed by atoms with Gasteiger partial charge in [-0.3, -0.25) is 0 Å². The second-order valence-corrected chi connectivity index (χ2v) is 5.86. The van der Waals surface area contributed by atoms with Gasteiger partial charge in [0.1, 0.15) is 5.60 Å². The molecule has 0 fully saturated rings. The standard InChI is InChI=1S/C13H15Cl2NO4/c1-13(2,3)20-10(17)6-19-12(18)8-4-7(14)5-9(15)11(8)16/h4-5H,6,16H2,1-3H3. The second kappa shape index (κ2) is 6.33. The molecule has 2 N–H and O–H groups in total. The summed E-state index contributed by atoms with van der Waals surface area (Å²) in [5.41, 5.74) is 5.05. The summed E-state index contributed by atoms with van der Waals surface area (Å²) in [7, 11) is 0. The number of benzene rings is 1. The molecule has 0 atom stereocenters. The van der Waals surface area contributed by atoms with Crippen molar-refractivity contribution in [2.45, 2.75) is 26.4 Å². The van der Waals surface area contributed by atoms with Gasteiger partial charge in [-0.1, -0.05) is 23.2 Å². The molecular weight excluding hydrogens is 305 g/mol. The summed E-state index contributed by atoms with van der Waals surface area (Å²) in [6.07, 6.45) is 0. The summed E-state index contributed by atoms with van der Waals surface area (Å²) < 4.78 is 9.82. The molecule has 0 spiro atoms. The number of hydrogen-bond acceptors (Lipinski definition) is 5. The number of carbonyl (C=O) groups is 2. The molecule has 1 aromatic carbocycles. The second-order valence-electron chi connectivity index (χ2n) is 5.01. The minimum absolute atomic E-state index is 0.00561. The summed E-state index contributed by atoms with van der Waals surface area (Å²) in [6, 6.07) is 2.73. The first kappa shape index (κ1) is 16.6. The quantitative estimate of drug-likeness (QED) is 0.684. The van der Waals surface area contributed by atoms with E-state index in [0.717, 1.165) is 0 Å². The van der Waals surface area contributed by atoms with Crippen LogP contribution in [0.2, 0.25) is 10.0 Å². The van der Waals surface area contributed by atoms with E-state index in [1.807, 2.05) is 0 Å². The minimum Gasteiger partial charge on any atom is -0.457 e. The summed E-state index contributed by atoms with van der Waals surface area (Å²) in [5, 5.41) is 0.384. The predicted molar refractivity (Wildman–Crippen MR) is 77.0 cm³/mol. The van der Waals surface area contributed by atoms with Crippen LogP contribution in [0.1, 0.15) is 31.1 Å². The van der Waals surface area contributed by atoms with Gasteiger partial charge in [-0.25, -0.2) is 9.59 Å². The van der Waals surface area contributed by atoms with Gasteiger partial charge in [0.15, 0.2) is 6.61 Å². The largest absolute Gasteiger partial charge is 0.457 e. The number of rotatable bonds is 3. The monoisotopic (exact) mass is 319 g/mol. The zero-order valence-electron chi connectivity index (χ0n) is 11.3.